The number of fused-ring (bicyclic) bond motifs is 2. The van der Waals surface area contributed by atoms with Gasteiger partial charge in [-0.05, 0) is 53.8 Å². The molecule has 1 aliphatic heterocycles. The van der Waals surface area contributed by atoms with Crippen LogP contribution in [0.1, 0.15) is 30.9 Å². The minimum Gasteiger partial charge on any atom is -0.361 e. The van der Waals surface area contributed by atoms with Crippen LogP contribution in [0.2, 0.25) is 0 Å². The molecule has 1 aliphatic rings. The second-order valence-electron chi connectivity index (χ2n) is 9.77. The van der Waals surface area contributed by atoms with E-state index in [1.54, 1.807) is 0 Å². The van der Waals surface area contributed by atoms with Crippen molar-refractivity contribution in [2.24, 2.45) is 0 Å². The second-order valence-corrected chi connectivity index (χ2v) is 9.77. The summed E-state index contributed by atoms with van der Waals surface area (Å²) in [4.78, 5) is 30.0. The zero-order chi connectivity index (χ0) is 25.6. The molecule has 6 heteroatoms. The van der Waals surface area contributed by atoms with E-state index in [0.717, 1.165) is 46.8 Å². The lowest BCUT2D eigenvalue weighted by Crippen LogP contribution is -2.51. The molecule has 0 spiro atoms. The summed E-state index contributed by atoms with van der Waals surface area (Å²) in [7, 11) is 0. The summed E-state index contributed by atoms with van der Waals surface area (Å²) >= 11 is 0. The van der Waals surface area contributed by atoms with Crippen LogP contribution in [0.15, 0.2) is 84.6 Å². The number of benzene rings is 3. The van der Waals surface area contributed by atoms with Gasteiger partial charge in [-0.15, -0.1) is 0 Å². The number of aromatic amines is 1. The van der Waals surface area contributed by atoms with Gasteiger partial charge in [0.2, 0.25) is 11.8 Å². The summed E-state index contributed by atoms with van der Waals surface area (Å²) in [5, 5.41) is 13.0. The molecule has 4 aromatic rings. The molecule has 5 rings (SSSR count). The van der Waals surface area contributed by atoms with E-state index in [0.29, 0.717) is 19.4 Å². The Kier molecular flexibility index (Phi) is 7.66. The highest BCUT2D eigenvalue weighted by Gasteiger charge is 2.25. The van der Waals surface area contributed by atoms with Crippen LogP contribution in [0.4, 0.5) is 0 Å². The average molecular weight is 495 g/mol. The molecule has 0 saturated carbocycles. The van der Waals surface area contributed by atoms with Gasteiger partial charge in [-0.2, -0.15) is 0 Å². The van der Waals surface area contributed by atoms with E-state index in [9.17, 15) is 9.59 Å². The Labute approximate surface area is 217 Å². The molecule has 0 radical (unpaired) electrons. The highest BCUT2D eigenvalue weighted by Crippen LogP contribution is 2.20. The molecular weight excluding hydrogens is 460 g/mol. The molecule has 37 heavy (non-hydrogen) atoms. The normalized spacial score (nSPS) is 15.2. The second kappa shape index (κ2) is 11.4. The largest absolute Gasteiger partial charge is 0.361 e. The molecule has 2 unspecified atom stereocenters. The Bertz CT molecular complexity index is 1440. The van der Waals surface area contributed by atoms with Gasteiger partial charge in [0.15, 0.2) is 0 Å². The monoisotopic (exact) mass is 494 g/mol. The number of hydrogen-bond donors (Lipinski definition) is 4. The Morgan fingerprint density at radius 2 is 1.76 bits per heavy atom. The molecule has 1 aromatic heterocycles. The van der Waals surface area contributed by atoms with Crippen LogP contribution in [0.25, 0.3) is 21.7 Å². The maximum Gasteiger partial charge on any atom is 0.247 e. The fourth-order valence-corrected chi connectivity index (χ4v) is 5.06. The van der Waals surface area contributed by atoms with E-state index < -0.39 is 6.04 Å². The molecule has 0 bridgehead atoms. The van der Waals surface area contributed by atoms with Crippen molar-refractivity contribution in [3.63, 3.8) is 0 Å². The molecule has 0 saturated heterocycles. The third-order valence-electron chi connectivity index (χ3n) is 7.21. The zero-order valence-electron chi connectivity index (χ0n) is 21.2. The summed E-state index contributed by atoms with van der Waals surface area (Å²) in [5.41, 5.74) is 4.03. The maximum atomic E-state index is 13.6. The first kappa shape index (κ1) is 24.8. The maximum absolute atomic E-state index is 13.6. The molecule has 6 nitrogen and oxygen atoms in total. The van der Waals surface area contributed by atoms with Crippen molar-refractivity contribution in [3.05, 3.63) is 95.7 Å². The molecule has 0 fully saturated rings. The van der Waals surface area contributed by atoms with Crippen molar-refractivity contribution in [2.75, 3.05) is 13.1 Å². The third-order valence-corrected chi connectivity index (χ3v) is 7.21. The Morgan fingerprint density at radius 3 is 2.57 bits per heavy atom. The minimum atomic E-state index is -0.665. The molecular formula is C31H34N4O2. The minimum absolute atomic E-state index is 0.0409. The SMILES string of the molecule is CCC(Cc1c[nH]c2ccccc12)NC(=O)C(Cc1ccc2ccccc2c1)NC(=O)C1=CCNCC1. The highest BCUT2D eigenvalue weighted by molar-refractivity contribution is 5.97. The van der Waals surface area contributed by atoms with Gasteiger partial charge in [-0.3, -0.25) is 9.59 Å². The number of para-hydroxylation sites is 1. The van der Waals surface area contributed by atoms with Crippen molar-refractivity contribution in [1.82, 2.24) is 20.9 Å². The van der Waals surface area contributed by atoms with E-state index >= 15 is 0 Å². The number of rotatable bonds is 9. The Balaban J connectivity index is 1.34. The van der Waals surface area contributed by atoms with Crippen LogP contribution >= 0.6 is 0 Å². The first-order valence-corrected chi connectivity index (χ1v) is 13.1. The van der Waals surface area contributed by atoms with Gasteiger partial charge in [0.1, 0.15) is 6.04 Å². The summed E-state index contributed by atoms with van der Waals surface area (Å²) in [6, 6.07) is 21.9. The van der Waals surface area contributed by atoms with Gasteiger partial charge >= 0.3 is 0 Å². The first-order chi connectivity index (χ1) is 18.1. The summed E-state index contributed by atoms with van der Waals surface area (Å²) in [5.74, 6) is -0.310. The van der Waals surface area contributed by atoms with Crippen molar-refractivity contribution in [3.8, 4) is 0 Å². The van der Waals surface area contributed by atoms with Crippen LogP contribution in [0.5, 0.6) is 0 Å². The molecule has 3 aromatic carbocycles. The number of carbonyl (C=O) groups is 2. The lowest BCUT2D eigenvalue weighted by atomic mass is 9.99. The Morgan fingerprint density at radius 1 is 0.946 bits per heavy atom. The predicted molar refractivity (Wildman–Crippen MR) is 149 cm³/mol. The van der Waals surface area contributed by atoms with Gasteiger partial charge in [0.05, 0.1) is 0 Å². The highest BCUT2D eigenvalue weighted by atomic mass is 16.2. The molecule has 4 N–H and O–H groups in total. The zero-order valence-corrected chi connectivity index (χ0v) is 21.2. The lowest BCUT2D eigenvalue weighted by Gasteiger charge is -2.24. The van der Waals surface area contributed by atoms with Crippen molar-refractivity contribution < 1.29 is 9.59 Å². The number of hydrogen-bond acceptors (Lipinski definition) is 3. The van der Waals surface area contributed by atoms with Gasteiger partial charge in [0.25, 0.3) is 0 Å². The quantitative estimate of drug-likeness (QED) is 0.278. The molecule has 0 aliphatic carbocycles. The van der Waals surface area contributed by atoms with Crippen molar-refractivity contribution >= 4 is 33.5 Å². The standard InChI is InChI=1S/C31H34N4O2/c1-2-26(19-25-20-33-28-10-6-5-9-27(25)28)34-31(37)29(35-30(36)23-13-15-32-16-14-23)18-21-11-12-22-7-3-4-8-24(22)17-21/h3-13,17,20,26,29,32-33H,2,14-16,18-19H2,1H3,(H,34,37)(H,35,36). The van der Waals surface area contributed by atoms with Crippen LogP contribution in [-0.2, 0) is 22.4 Å². The van der Waals surface area contributed by atoms with E-state index in [4.69, 9.17) is 0 Å². The molecule has 190 valence electrons. The Hall–Kier alpha value is -3.90. The van der Waals surface area contributed by atoms with E-state index in [1.807, 2.05) is 42.6 Å². The molecule has 2 atom stereocenters. The van der Waals surface area contributed by atoms with Gasteiger partial charge in [0, 0.05) is 41.7 Å². The fourth-order valence-electron chi connectivity index (χ4n) is 5.06. The summed E-state index contributed by atoms with van der Waals surface area (Å²) in [6.07, 6.45) is 6.54. The number of nitrogens with one attached hydrogen (secondary N) is 4. The average Bonchev–Trinajstić information content (AvgIpc) is 3.35. The smallest absolute Gasteiger partial charge is 0.247 e. The lowest BCUT2D eigenvalue weighted by molar-refractivity contribution is -0.128. The van der Waals surface area contributed by atoms with Crippen LogP contribution in [0.3, 0.4) is 0 Å². The van der Waals surface area contributed by atoms with Gasteiger partial charge < -0.3 is 20.9 Å². The number of H-pyrrole nitrogens is 1. The first-order valence-electron chi connectivity index (χ1n) is 13.1. The number of aromatic nitrogens is 1. The summed E-state index contributed by atoms with van der Waals surface area (Å²) in [6.45, 7) is 3.52. The van der Waals surface area contributed by atoms with Crippen LogP contribution in [-0.4, -0.2) is 42.0 Å². The molecule has 2 amide bonds. The van der Waals surface area contributed by atoms with E-state index in [1.165, 1.54) is 10.9 Å². The van der Waals surface area contributed by atoms with E-state index in [2.05, 4.69) is 64.3 Å². The van der Waals surface area contributed by atoms with E-state index in [-0.39, 0.29) is 17.9 Å². The number of carbonyl (C=O) groups excluding carboxylic acids is 2. The number of amides is 2. The van der Waals surface area contributed by atoms with Gasteiger partial charge in [-0.1, -0.05) is 73.7 Å². The summed E-state index contributed by atoms with van der Waals surface area (Å²) < 4.78 is 0. The van der Waals surface area contributed by atoms with Crippen LogP contribution < -0.4 is 16.0 Å². The molecule has 2 heterocycles. The van der Waals surface area contributed by atoms with Gasteiger partial charge in [-0.25, -0.2) is 0 Å². The van der Waals surface area contributed by atoms with Crippen molar-refractivity contribution in [1.29, 1.82) is 0 Å². The predicted octanol–water partition coefficient (Wildman–Crippen LogP) is 4.41. The van der Waals surface area contributed by atoms with Crippen LogP contribution in [0, 0.1) is 0 Å². The third kappa shape index (κ3) is 5.92. The topological polar surface area (TPSA) is 86.0 Å². The fraction of sp³-hybridized carbons (Fsp3) is 0.290. The van der Waals surface area contributed by atoms with Crippen molar-refractivity contribution in [2.45, 2.75) is 44.7 Å².